The summed E-state index contributed by atoms with van der Waals surface area (Å²) >= 11 is 5.26. The van der Waals surface area contributed by atoms with Crippen molar-refractivity contribution in [2.45, 2.75) is 40.5 Å². The van der Waals surface area contributed by atoms with Gasteiger partial charge in [-0.3, -0.25) is 4.79 Å². The van der Waals surface area contributed by atoms with E-state index in [0.717, 1.165) is 53.8 Å². The molecule has 0 aliphatic rings. The minimum Gasteiger partial charge on any atom is -0.414 e. The van der Waals surface area contributed by atoms with Crippen LogP contribution in [-0.2, 0) is 4.79 Å². The SMILES string of the molecule is CC[N+](CC)(CCCCN)CC(=O)Nc1c(C)cc(OC(=O)Cl)cc1C. The summed E-state index contributed by atoms with van der Waals surface area (Å²) in [6.07, 6.45) is 1.99. The Morgan fingerprint density at radius 3 is 2.19 bits per heavy atom. The first-order valence-corrected chi connectivity index (χ1v) is 9.48. The number of carbonyl (C=O) groups excluding carboxylic acids is 2. The van der Waals surface area contributed by atoms with E-state index in [1.165, 1.54) is 0 Å². The first-order valence-electron chi connectivity index (χ1n) is 9.10. The van der Waals surface area contributed by atoms with Crippen molar-refractivity contribution in [2.24, 2.45) is 5.73 Å². The van der Waals surface area contributed by atoms with Gasteiger partial charge in [0.1, 0.15) is 5.75 Å². The number of amides is 1. The number of rotatable bonds is 10. The monoisotopic (exact) mass is 384 g/mol. The fourth-order valence-corrected chi connectivity index (χ4v) is 3.28. The highest BCUT2D eigenvalue weighted by molar-refractivity contribution is 6.61. The molecule has 0 saturated heterocycles. The number of carbonyl (C=O) groups is 2. The zero-order valence-electron chi connectivity index (χ0n) is 16.2. The van der Waals surface area contributed by atoms with Gasteiger partial charge < -0.3 is 20.3 Å². The Kier molecular flexibility index (Phi) is 9.05. The molecule has 0 bridgehead atoms. The van der Waals surface area contributed by atoms with Crippen molar-refractivity contribution in [2.75, 3.05) is 38.0 Å². The Hall–Kier alpha value is -1.63. The van der Waals surface area contributed by atoms with Crippen LogP contribution in [0.2, 0.25) is 0 Å². The van der Waals surface area contributed by atoms with Crippen molar-refractivity contribution in [3.8, 4) is 5.75 Å². The molecule has 26 heavy (non-hydrogen) atoms. The third-order valence-electron chi connectivity index (χ3n) is 4.88. The van der Waals surface area contributed by atoms with Crippen LogP contribution in [0.1, 0.15) is 37.8 Å². The summed E-state index contributed by atoms with van der Waals surface area (Å²) in [6, 6.07) is 3.37. The predicted octanol–water partition coefficient (Wildman–Crippen LogP) is 3.58. The molecule has 0 spiro atoms. The molecule has 0 heterocycles. The molecule has 146 valence electrons. The lowest BCUT2D eigenvalue weighted by Crippen LogP contribution is -2.52. The third kappa shape index (κ3) is 6.59. The molecule has 1 aromatic carbocycles. The molecule has 0 unspecified atom stereocenters. The van der Waals surface area contributed by atoms with Crippen LogP contribution in [0.4, 0.5) is 10.5 Å². The Bertz CT molecular complexity index is 607. The van der Waals surface area contributed by atoms with Gasteiger partial charge in [0.2, 0.25) is 0 Å². The van der Waals surface area contributed by atoms with Gasteiger partial charge in [-0.1, -0.05) is 0 Å². The van der Waals surface area contributed by atoms with E-state index in [-0.39, 0.29) is 5.91 Å². The van der Waals surface area contributed by atoms with Crippen LogP contribution >= 0.6 is 11.6 Å². The number of hydrogen-bond acceptors (Lipinski definition) is 4. The van der Waals surface area contributed by atoms with Gasteiger partial charge >= 0.3 is 5.43 Å². The normalized spacial score (nSPS) is 11.3. The van der Waals surface area contributed by atoms with Gasteiger partial charge in [0.05, 0.1) is 19.6 Å². The number of aryl methyl sites for hydroxylation is 2. The van der Waals surface area contributed by atoms with Crippen LogP contribution in [0, 0.1) is 13.8 Å². The zero-order chi connectivity index (χ0) is 19.7. The van der Waals surface area contributed by atoms with Gasteiger partial charge in [-0.05, 0) is 70.3 Å². The Labute approximate surface area is 161 Å². The number of benzene rings is 1. The third-order valence-corrected chi connectivity index (χ3v) is 4.95. The van der Waals surface area contributed by atoms with Gasteiger partial charge in [0.25, 0.3) is 5.91 Å². The van der Waals surface area contributed by atoms with E-state index in [1.807, 2.05) is 13.8 Å². The molecule has 0 radical (unpaired) electrons. The minimum absolute atomic E-state index is 0.0188. The molecule has 0 aromatic heterocycles. The van der Waals surface area contributed by atoms with E-state index in [4.69, 9.17) is 22.1 Å². The van der Waals surface area contributed by atoms with Crippen LogP contribution in [0.5, 0.6) is 5.75 Å². The highest BCUT2D eigenvalue weighted by atomic mass is 35.5. The largest absolute Gasteiger partial charge is 0.414 e. The number of nitrogens with two attached hydrogens (primary N) is 1. The van der Waals surface area contributed by atoms with Crippen molar-refractivity contribution < 1.29 is 18.8 Å². The molecule has 6 nitrogen and oxygen atoms in total. The van der Waals surface area contributed by atoms with E-state index in [9.17, 15) is 9.59 Å². The second-order valence-corrected chi connectivity index (χ2v) is 6.98. The highest BCUT2D eigenvalue weighted by Gasteiger charge is 2.27. The fraction of sp³-hybridized carbons (Fsp3) is 0.579. The summed E-state index contributed by atoms with van der Waals surface area (Å²) in [4.78, 5) is 23.6. The number of likely N-dealkylation sites (N-methyl/N-ethyl adjacent to an activating group) is 1. The van der Waals surface area contributed by atoms with Gasteiger partial charge in [0.15, 0.2) is 6.54 Å². The second kappa shape index (κ2) is 10.5. The van der Waals surface area contributed by atoms with E-state index in [1.54, 1.807) is 12.1 Å². The summed E-state index contributed by atoms with van der Waals surface area (Å²) in [5, 5.41) is 3.02. The molecule has 0 aliphatic carbocycles. The molecule has 0 atom stereocenters. The molecular formula is C19H31ClN3O3+. The van der Waals surface area contributed by atoms with Crippen LogP contribution in [0.15, 0.2) is 12.1 Å². The van der Waals surface area contributed by atoms with Crippen molar-refractivity contribution in [3.05, 3.63) is 23.3 Å². The van der Waals surface area contributed by atoms with E-state index in [0.29, 0.717) is 18.8 Å². The van der Waals surface area contributed by atoms with E-state index in [2.05, 4.69) is 19.2 Å². The average Bonchev–Trinajstić information content (AvgIpc) is 2.57. The summed E-state index contributed by atoms with van der Waals surface area (Å²) in [7, 11) is 0. The quantitative estimate of drug-likeness (QED) is 0.367. The van der Waals surface area contributed by atoms with E-state index < -0.39 is 5.43 Å². The molecule has 1 amide bonds. The summed E-state index contributed by atoms with van der Waals surface area (Å²) in [5.74, 6) is 0.349. The maximum atomic E-state index is 12.7. The summed E-state index contributed by atoms with van der Waals surface area (Å²) < 4.78 is 5.65. The molecule has 1 aromatic rings. The second-order valence-electron chi connectivity index (χ2n) is 6.67. The number of hydrogen-bond donors (Lipinski definition) is 2. The molecular weight excluding hydrogens is 354 g/mol. The van der Waals surface area contributed by atoms with Gasteiger partial charge in [-0.2, -0.15) is 0 Å². The Morgan fingerprint density at radius 2 is 1.73 bits per heavy atom. The van der Waals surface area contributed by atoms with Gasteiger partial charge in [-0.15, -0.1) is 0 Å². The molecule has 0 saturated carbocycles. The molecule has 3 N–H and O–H groups in total. The van der Waals surface area contributed by atoms with Crippen molar-refractivity contribution in [3.63, 3.8) is 0 Å². The van der Waals surface area contributed by atoms with Crippen LogP contribution in [-0.4, -0.2) is 48.5 Å². The summed E-state index contributed by atoms with van der Waals surface area (Å²) in [6.45, 7) is 11.8. The number of ether oxygens (including phenoxy) is 1. The number of unbranched alkanes of at least 4 members (excludes halogenated alkanes) is 1. The predicted molar refractivity (Wildman–Crippen MR) is 106 cm³/mol. The number of anilines is 1. The van der Waals surface area contributed by atoms with Crippen LogP contribution in [0.3, 0.4) is 0 Å². The van der Waals surface area contributed by atoms with Crippen molar-refractivity contribution in [1.29, 1.82) is 0 Å². The standard InChI is InChI=1S/C19H30ClN3O3/c1-5-23(6-2,10-8-7-9-21)13-17(24)22-18-14(3)11-16(12-15(18)4)26-19(20)25/h11-12H,5-10,13,21H2,1-4H3/p+1. The van der Waals surface area contributed by atoms with Gasteiger partial charge in [0, 0.05) is 17.3 Å². The van der Waals surface area contributed by atoms with Crippen LogP contribution in [0.25, 0.3) is 0 Å². The zero-order valence-corrected chi connectivity index (χ0v) is 17.0. The van der Waals surface area contributed by atoms with Crippen LogP contribution < -0.4 is 15.8 Å². The van der Waals surface area contributed by atoms with Crippen molar-refractivity contribution in [1.82, 2.24) is 0 Å². The maximum absolute atomic E-state index is 12.7. The minimum atomic E-state index is -0.883. The number of halogens is 1. The maximum Gasteiger partial charge on any atom is 0.409 e. The first-order chi connectivity index (χ1) is 12.3. The first kappa shape index (κ1) is 22.4. The van der Waals surface area contributed by atoms with E-state index >= 15 is 0 Å². The molecule has 0 fully saturated rings. The molecule has 7 heteroatoms. The lowest BCUT2D eigenvalue weighted by atomic mass is 10.1. The highest BCUT2D eigenvalue weighted by Crippen LogP contribution is 2.27. The van der Waals surface area contributed by atoms with Gasteiger partial charge in [-0.25, -0.2) is 4.79 Å². The lowest BCUT2D eigenvalue weighted by molar-refractivity contribution is -0.917. The molecule has 1 rings (SSSR count). The average molecular weight is 385 g/mol. The number of nitrogens with one attached hydrogen (secondary N) is 1. The molecule has 0 aliphatic heterocycles. The Balaban J connectivity index is 2.87. The topological polar surface area (TPSA) is 81.4 Å². The van der Waals surface area contributed by atoms with Crippen molar-refractivity contribution >= 4 is 28.6 Å². The Morgan fingerprint density at radius 1 is 1.15 bits per heavy atom. The fourth-order valence-electron chi connectivity index (χ4n) is 3.19. The number of quaternary nitrogens is 1. The number of nitrogens with zero attached hydrogens (tertiary/aromatic N) is 1. The summed E-state index contributed by atoms with van der Waals surface area (Å²) in [5.41, 5.74) is 7.10. The smallest absolute Gasteiger partial charge is 0.409 e. The lowest BCUT2D eigenvalue weighted by Gasteiger charge is -2.36.